The number of hydrogen-bond donors (Lipinski definition) is 3. The first-order valence-electron chi connectivity index (χ1n) is 8.30. The van der Waals surface area contributed by atoms with Crippen LogP contribution in [0, 0.1) is 0 Å². The van der Waals surface area contributed by atoms with E-state index >= 15 is 0 Å². The molecule has 0 radical (unpaired) electrons. The van der Waals surface area contributed by atoms with Crippen molar-refractivity contribution in [1.29, 1.82) is 0 Å². The number of quaternary nitrogens is 1. The normalized spacial score (nSPS) is 11.4. The smallest absolute Gasteiger partial charge is 0.279 e. The summed E-state index contributed by atoms with van der Waals surface area (Å²) < 4.78 is 10.3. The van der Waals surface area contributed by atoms with Crippen LogP contribution < -0.4 is 25.0 Å². The van der Waals surface area contributed by atoms with Gasteiger partial charge in [-0.3, -0.25) is 9.59 Å². The second-order valence-electron chi connectivity index (χ2n) is 5.98. The molecule has 144 valence electrons. The molecule has 0 fully saturated rings. The van der Waals surface area contributed by atoms with E-state index in [-0.39, 0.29) is 24.9 Å². The Kier molecular flexibility index (Phi) is 7.45. The van der Waals surface area contributed by atoms with Crippen molar-refractivity contribution in [2.24, 2.45) is 0 Å². The quantitative estimate of drug-likeness (QED) is 0.635. The zero-order chi connectivity index (χ0) is 19.8. The van der Waals surface area contributed by atoms with Gasteiger partial charge in [-0.15, -0.1) is 0 Å². The Labute approximate surface area is 163 Å². The van der Waals surface area contributed by atoms with Crippen LogP contribution in [-0.4, -0.2) is 46.2 Å². The van der Waals surface area contributed by atoms with Crippen molar-refractivity contribution in [3.05, 3.63) is 47.5 Å². The molecule has 27 heavy (non-hydrogen) atoms. The predicted octanol–water partition coefficient (Wildman–Crippen LogP) is 1.45. The van der Waals surface area contributed by atoms with E-state index in [9.17, 15) is 9.59 Å². The third-order valence-electron chi connectivity index (χ3n) is 3.71. The van der Waals surface area contributed by atoms with E-state index in [0.717, 1.165) is 4.90 Å². The van der Waals surface area contributed by atoms with Gasteiger partial charge in [-0.25, -0.2) is 0 Å². The van der Waals surface area contributed by atoms with Gasteiger partial charge in [-0.05, 0) is 30.3 Å². The fraction of sp³-hybridized carbons (Fsp3) is 0.263. The van der Waals surface area contributed by atoms with Crippen molar-refractivity contribution < 1.29 is 24.0 Å². The fourth-order valence-electron chi connectivity index (χ4n) is 2.49. The fourth-order valence-corrected chi connectivity index (χ4v) is 2.66. The Morgan fingerprint density at radius 3 is 2.37 bits per heavy atom. The number of benzene rings is 2. The standard InChI is InChI=1S/C19H22ClN3O4/c1-23(11-18(24)21-14-5-4-6-15(10-14)26-2)12-19(25)22-16-9-13(20)7-8-17(16)27-3/h4-10H,11-12H2,1-3H3,(H,21,24)(H,22,25)/p+1. The van der Waals surface area contributed by atoms with Crippen LogP contribution in [0.5, 0.6) is 11.5 Å². The van der Waals surface area contributed by atoms with Crippen molar-refractivity contribution in [2.75, 3.05) is 45.0 Å². The molecule has 0 saturated heterocycles. The summed E-state index contributed by atoms with van der Waals surface area (Å²) in [5.74, 6) is 0.723. The summed E-state index contributed by atoms with van der Waals surface area (Å²) in [5.41, 5.74) is 1.13. The number of anilines is 2. The van der Waals surface area contributed by atoms with Gasteiger partial charge in [0.15, 0.2) is 13.1 Å². The highest BCUT2D eigenvalue weighted by atomic mass is 35.5. The third kappa shape index (κ3) is 6.47. The molecule has 0 heterocycles. The molecular formula is C19H23ClN3O4+. The van der Waals surface area contributed by atoms with E-state index < -0.39 is 0 Å². The minimum atomic E-state index is -0.248. The first-order valence-corrected chi connectivity index (χ1v) is 8.67. The van der Waals surface area contributed by atoms with Gasteiger partial charge in [0.2, 0.25) is 0 Å². The van der Waals surface area contributed by atoms with E-state index in [2.05, 4.69) is 10.6 Å². The Balaban J connectivity index is 1.87. The average molecular weight is 393 g/mol. The molecule has 1 unspecified atom stereocenters. The number of rotatable bonds is 8. The molecule has 0 bridgehead atoms. The summed E-state index contributed by atoms with van der Waals surface area (Å²) in [5, 5.41) is 6.03. The maximum Gasteiger partial charge on any atom is 0.279 e. The summed E-state index contributed by atoms with van der Waals surface area (Å²) in [6.45, 7) is 0.249. The summed E-state index contributed by atoms with van der Waals surface area (Å²) in [7, 11) is 4.84. The maximum absolute atomic E-state index is 12.2. The molecule has 2 rings (SSSR count). The molecule has 3 N–H and O–H groups in total. The summed E-state index contributed by atoms with van der Waals surface area (Å²) in [6, 6.07) is 12.0. The minimum absolute atomic E-state index is 0.112. The molecule has 1 atom stereocenters. The molecule has 2 amide bonds. The van der Waals surface area contributed by atoms with Crippen LogP contribution in [0.15, 0.2) is 42.5 Å². The Morgan fingerprint density at radius 2 is 1.70 bits per heavy atom. The van der Waals surface area contributed by atoms with Crippen LogP contribution in [0.25, 0.3) is 0 Å². The van der Waals surface area contributed by atoms with E-state index in [1.165, 1.54) is 7.11 Å². The van der Waals surface area contributed by atoms with Crippen molar-refractivity contribution in [2.45, 2.75) is 0 Å². The highest BCUT2D eigenvalue weighted by molar-refractivity contribution is 6.31. The van der Waals surface area contributed by atoms with Gasteiger partial charge in [-0.1, -0.05) is 17.7 Å². The molecule has 0 spiro atoms. The van der Waals surface area contributed by atoms with Gasteiger partial charge in [0.1, 0.15) is 11.5 Å². The largest absolute Gasteiger partial charge is 0.497 e. The van der Waals surface area contributed by atoms with E-state index in [0.29, 0.717) is 27.9 Å². The van der Waals surface area contributed by atoms with Crippen molar-refractivity contribution in [3.63, 3.8) is 0 Å². The lowest BCUT2D eigenvalue weighted by Gasteiger charge is -2.15. The lowest BCUT2D eigenvalue weighted by molar-refractivity contribution is -0.862. The number of carbonyl (C=O) groups excluding carboxylic acids is 2. The third-order valence-corrected chi connectivity index (χ3v) is 3.95. The van der Waals surface area contributed by atoms with Gasteiger partial charge < -0.3 is 25.0 Å². The topological polar surface area (TPSA) is 81.1 Å². The minimum Gasteiger partial charge on any atom is -0.497 e. The van der Waals surface area contributed by atoms with Crippen LogP contribution in [-0.2, 0) is 9.59 Å². The molecule has 2 aromatic rings. The second-order valence-corrected chi connectivity index (χ2v) is 6.42. The van der Waals surface area contributed by atoms with E-state index in [1.54, 1.807) is 56.6 Å². The number of likely N-dealkylation sites (N-methyl/N-ethyl adjacent to an activating group) is 1. The molecular weight excluding hydrogens is 370 g/mol. The van der Waals surface area contributed by atoms with Gasteiger partial charge in [0, 0.05) is 16.8 Å². The highest BCUT2D eigenvalue weighted by Crippen LogP contribution is 2.27. The van der Waals surface area contributed by atoms with Gasteiger partial charge >= 0.3 is 0 Å². The average Bonchev–Trinajstić information content (AvgIpc) is 2.61. The number of carbonyl (C=O) groups is 2. The maximum atomic E-state index is 12.2. The van der Waals surface area contributed by atoms with Crippen LogP contribution in [0.3, 0.4) is 0 Å². The predicted molar refractivity (Wildman–Crippen MR) is 105 cm³/mol. The molecule has 2 aromatic carbocycles. The lowest BCUT2D eigenvalue weighted by Crippen LogP contribution is -3.11. The molecule has 0 aliphatic heterocycles. The van der Waals surface area contributed by atoms with Crippen molar-refractivity contribution >= 4 is 34.8 Å². The number of methoxy groups -OCH3 is 2. The van der Waals surface area contributed by atoms with Gasteiger partial charge in [0.25, 0.3) is 11.8 Å². The molecule has 0 aliphatic carbocycles. The molecule has 0 saturated carbocycles. The monoisotopic (exact) mass is 392 g/mol. The number of halogens is 1. The first-order chi connectivity index (χ1) is 12.9. The molecule has 0 aliphatic rings. The van der Waals surface area contributed by atoms with E-state index in [1.807, 2.05) is 0 Å². The first kappa shape index (κ1) is 20.5. The second kappa shape index (κ2) is 9.80. The SMILES string of the molecule is COc1cccc(NC(=O)C[NH+](C)CC(=O)Nc2cc(Cl)ccc2OC)c1. The zero-order valence-corrected chi connectivity index (χ0v) is 16.2. The Morgan fingerprint density at radius 1 is 1.00 bits per heavy atom. The molecule has 0 aromatic heterocycles. The van der Waals surface area contributed by atoms with Crippen LogP contribution >= 0.6 is 11.6 Å². The Hall–Kier alpha value is -2.77. The number of nitrogens with one attached hydrogen (secondary N) is 3. The van der Waals surface area contributed by atoms with Crippen LogP contribution in [0.1, 0.15) is 0 Å². The number of amides is 2. The molecule has 7 nitrogen and oxygen atoms in total. The zero-order valence-electron chi connectivity index (χ0n) is 15.5. The number of hydrogen-bond acceptors (Lipinski definition) is 4. The molecule has 8 heteroatoms. The van der Waals surface area contributed by atoms with Crippen molar-refractivity contribution in [1.82, 2.24) is 0 Å². The summed E-state index contributed by atoms with van der Waals surface area (Å²) in [4.78, 5) is 25.1. The lowest BCUT2D eigenvalue weighted by atomic mass is 10.3. The highest BCUT2D eigenvalue weighted by Gasteiger charge is 2.16. The van der Waals surface area contributed by atoms with Gasteiger partial charge in [0.05, 0.1) is 27.0 Å². The number of ether oxygens (including phenoxy) is 2. The van der Waals surface area contributed by atoms with Crippen LogP contribution in [0.2, 0.25) is 5.02 Å². The Bertz CT molecular complexity index is 813. The summed E-state index contributed by atoms with van der Waals surface area (Å²) in [6.07, 6.45) is 0. The van der Waals surface area contributed by atoms with E-state index in [4.69, 9.17) is 21.1 Å². The van der Waals surface area contributed by atoms with Gasteiger partial charge in [-0.2, -0.15) is 0 Å². The summed E-state index contributed by atoms with van der Waals surface area (Å²) >= 11 is 5.96. The van der Waals surface area contributed by atoms with Crippen molar-refractivity contribution in [3.8, 4) is 11.5 Å². The van der Waals surface area contributed by atoms with Crippen LogP contribution in [0.4, 0.5) is 11.4 Å².